The van der Waals surface area contributed by atoms with Crippen LogP contribution in [0.1, 0.15) is 34.0 Å². The van der Waals surface area contributed by atoms with Gasteiger partial charge in [0.05, 0.1) is 6.61 Å². The smallest absolute Gasteiger partial charge is 0.261 e. The lowest BCUT2D eigenvalue weighted by atomic mass is 9.88. The number of rotatable bonds is 5. The SMILES string of the molecule is COCC1(C)C=C(c2ccc(NC(=O)c3c(F)cccc3F)cc2)c2cc(C)ccc2O1. The summed E-state index contributed by atoms with van der Waals surface area (Å²) in [4.78, 5) is 12.4. The summed E-state index contributed by atoms with van der Waals surface area (Å²) in [6.07, 6.45) is 2.03. The van der Waals surface area contributed by atoms with Crippen molar-refractivity contribution >= 4 is 17.2 Å². The van der Waals surface area contributed by atoms with Gasteiger partial charge in [-0.15, -0.1) is 0 Å². The van der Waals surface area contributed by atoms with Crippen molar-refractivity contribution in [2.45, 2.75) is 19.4 Å². The Bertz CT molecular complexity index is 1180. The molecule has 3 aromatic carbocycles. The summed E-state index contributed by atoms with van der Waals surface area (Å²) >= 11 is 0. The number of methoxy groups -OCH3 is 1. The fourth-order valence-corrected chi connectivity index (χ4v) is 3.85. The monoisotopic (exact) mass is 435 g/mol. The fraction of sp³-hybridized carbons (Fsp3) is 0.192. The van der Waals surface area contributed by atoms with E-state index in [-0.39, 0.29) is 0 Å². The number of benzene rings is 3. The maximum absolute atomic E-state index is 13.9. The van der Waals surface area contributed by atoms with Gasteiger partial charge < -0.3 is 14.8 Å². The molecule has 0 radical (unpaired) electrons. The first-order valence-electron chi connectivity index (χ1n) is 10.2. The van der Waals surface area contributed by atoms with Crippen molar-refractivity contribution in [3.63, 3.8) is 0 Å². The van der Waals surface area contributed by atoms with Gasteiger partial charge in [0.15, 0.2) is 0 Å². The molecule has 1 heterocycles. The highest BCUT2D eigenvalue weighted by molar-refractivity contribution is 6.04. The average Bonchev–Trinajstić information content (AvgIpc) is 2.74. The molecule has 0 bridgehead atoms. The first kappa shape index (κ1) is 21.7. The van der Waals surface area contributed by atoms with Gasteiger partial charge in [-0.1, -0.05) is 29.8 Å². The highest BCUT2D eigenvalue weighted by Crippen LogP contribution is 2.40. The standard InChI is InChI=1S/C26H23F2NO3/c1-16-7-12-23-19(13-16)20(14-26(2,32-23)15-31-3)17-8-10-18(11-9-17)29-25(30)24-21(27)5-4-6-22(24)28/h4-14H,15H2,1-3H3,(H,29,30). The molecule has 0 saturated carbocycles. The van der Waals surface area contributed by atoms with Gasteiger partial charge in [0.2, 0.25) is 0 Å². The molecule has 1 aliphatic heterocycles. The minimum absolute atomic E-state index is 0.381. The number of amides is 1. The largest absolute Gasteiger partial charge is 0.480 e. The molecule has 4 nitrogen and oxygen atoms in total. The Kier molecular flexibility index (Phi) is 5.80. The highest BCUT2D eigenvalue weighted by atomic mass is 19.1. The molecular weight excluding hydrogens is 412 g/mol. The van der Waals surface area contributed by atoms with E-state index < -0.39 is 28.7 Å². The van der Waals surface area contributed by atoms with Gasteiger partial charge >= 0.3 is 0 Å². The lowest BCUT2D eigenvalue weighted by Crippen LogP contribution is -2.37. The molecule has 0 saturated heterocycles. The van der Waals surface area contributed by atoms with Gasteiger partial charge in [-0.25, -0.2) is 8.78 Å². The Labute approximate surface area is 185 Å². The van der Waals surface area contributed by atoms with Crippen LogP contribution >= 0.6 is 0 Å². The Balaban J connectivity index is 1.65. The zero-order valence-electron chi connectivity index (χ0n) is 18.0. The molecule has 1 unspecified atom stereocenters. The normalized spacial score (nSPS) is 17.2. The van der Waals surface area contributed by atoms with Crippen molar-refractivity contribution in [3.05, 3.63) is 101 Å². The van der Waals surface area contributed by atoms with Crippen LogP contribution in [0.4, 0.5) is 14.5 Å². The van der Waals surface area contributed by atoms with Crippen molar-refractivity contribution < 1.29 is 23.0 Å². The second-order valence-electron chi connectivity index (χ2n) is 8.03. The predicted octanol–water partition coefficient (Wildman–Crippen LogP) is 5.75. The van der Waals surface area contributed by atoms with Gasteiger partial charge in [-0.3, -0.25) is 4.79 Å². The minimum Gasteiger partial charge on any atom is -0.480 e. The lowest BCUT2D eigenvalue weighted by Gasteiger charge is -2.34. The van der Waals surface area contributed by atoms with Crippen LogP contribution in [-0.2, 0) is 4.74 Å². The minimum atomic E-state index is -0.907. The highest BCUT2D eigenvalue weighted by Gasteiger charge is 2.31. The number of fused-ring (bicyclic) bond motifs is 1. The maximum atomic E-state index is 13.9. The summed E-state index contributed by atoms with van der Waals surface area (Å²) in [5.41, 5.74) is 3.14. The van der Waals surface area contributed by atoms with Crippen LogP contribution in [0.3, 0.4) is 0 Å². The quantitative estimate of drug-likeness (QED) is 0.555. The Hall–Kier alpha value is -3.51. The van der Waals surface area contributed by atoms with Crippen molar-refractivity contribution in [2.75, 3.05) is 19.0 Å². The number of carbonyl (C=O) groups is 1. The van der Waals surface area contributed by atoms with Crippen LogP contribution < -0.4 is 10.1 Å². The summed E-state index contributed by atoms with van der Waals surface area (Å²) in [5, 5.41) is 2.55. The summed E-state index contributed by atoms with van der Waals surface area (Å²) in [6, 6.07) is 16.4. The number of nitrogens with one attached hydrogen (secondary N) is 1. The van der Waals surface area contributed by atoms with E-state index in [1.54, 1.807) is 19.2 Å². The van der Waals surface area contributed by atoms with E-state index in [0.717, 1.165) is 40.1 Å². The molecule has 6 heteroatoms. The van der Waals surface area contributed by atoms with Gasteiger partial charge in [-0.2, -0.15) is 0 Å². The fourth-order valence-electron chi connectivity index (χ4n) is 3.85. The van der Waals surface area contributed by atoms with Crippen molar-refractivity contribution in [1.29, 1.82) is 0 Å². The third-order valence-corrected chi connectivity index (χ3v) is 5.29. The Morgan fingerprint density at radius 3 is 2.41 bits per heavy atom. The van der Waals surface area contributed by atoms with E-state index in [1.807, 2.05) is 44.2 Å². The topological polar surface area (TPSA) is 47.6 Å². The van der Waals surface area contributed by atoms with E-state index in [0.29, 0.717) is 12.3 Å². The molecule has 0 fully saturated rings. The van der Waals surface area contributed by atoms with Crippen LogP contribution in [0.25, 0.3) is 5.57 Å². The van der Waals surface area contributed by atoms with Gasteiger partial charge in [-0.05, 0) is 67.5 Å². The van der Waals surface area contributed by atoms with Crippen molar-refractivity contribution in [2.24, 2.45) is 0 Å². The molecule has 0 spiro atoms. The Morgan fingerprint density at radius 2 is 1.75 bits per heavy atom. The zero-order chi connectivity index (χ0) is 22.9. The second kappa shape index (κ2) is 8.55. The van der Waals surface area contributed by atoms with E-state index >= 15 is 0 Å². The van der Waals surface area contributed by atoms with E-state index in [4.69, 9.17) is 9.47 Å². The molecule has 1 aliphatic rings. The molecule has 0 aliphatic carbocycles. The van der Waals surface area contributed by atoms with Crippen LogP contribution in [-0.4, -0.2) is 25.2 Å². The van der Waals surface area contributed by atoms with Crippen LogP contribution in [0, 0.1) is 18.6 Å². The summed E-state index contributed by atoms with van der Waals surface area (Å²) < 4.78 is 39.3. The number of anilines is 1. The maximum Gasteiger partial charge on any atom is 0.261 e. The van der Waals surface area contributed by atoms with E-state index in [9.17, 15) is 13.6 Å². The molecule has 1 N–H and O–H groups in total. The first-order valence-corrected chi connectivity index (χ1v) is 10.2. The second-order valence-corrected chi connectivity index (χ2v) is 8.03. The number of aryl methyl sites for hydroxylation is 1. The van der Waals surface area contributed by atoms with Crippen molar-refractivity contribution in [1.82, 2.24) is 0 Å². The number of carbonyl (C=O) groups excluding carboxylic acids is 1. The summed E-state index contributed by atoms with van der Waals surface area (Å²) in [6.45, 7) is 4.35. The molecule has 32 heavy (non-hydrogen) atoms. The summed E-state index contributed by atoms with van der Waals surface area (Å²) in [7, 11) is 1.63. The zero-order valence-corrected chi connectivity index (χ0v) is 18.0. The van der Waals surface area contributed by atoms with Crippen LogP contribution in [0.15, 0.2) is 66.7 Å². The Morgan fingerprint density at radius 1 is 1.06 bits per heavy atom. The van der Waals surface area contributed by atoms with E-state index in [1.165, 1.54) is 6.07 Å². The molecule has 1 amide bonds. The van der Waals surface area contributed by atoms with Gasteiger partial charge in [0.25, 0.3) is 5.91 Å². The third-order valence-electron chi connectivity index (χ3n) is 5.29. The molecule has 1 atom stereocenters. The molecule has 0 aromatic heterocycles. The van der Waals surface area contributed by atoms with E-state index in [2.05, 4.69) is 11.4 Å². The number of ether oxygens (including phenoxy) is 2. The molecule has 164 valence electrons. The third kappa shape index (κ3) is 4.27. The number of halogens is 2. The first-order chi connectivity index (χ1) is 15.3. The predicted molar refractivity (Wildman–Crippen MR) is 120 cm³/mol. The number of hydrogen-bond acceptors (Lipinski definition) is 3. The van der Waals surface area contributed by atoms with Crippen LogP contribution in [0.2, 0.25) is 0 Å². The summed E-state index contributed by atoms with van der Waals surface area (Å²) in [5.74, 6) is -1.89. The number of hydrogen-bond donors (Lipinski definition) is 1. The molecule has 4 rings (SSSR count). The average molecular weight is 435 g/mol. The molecular formula is C26H23F2NO3. The lowest BCUT2D eigenvalue weighted by molar-refractivity contribution is 0.0374. The van der Waals surface area contributed by atoms with Gasteiger partial charge in [0, 0.05) is 18.4 Å². The van der Waals surface area contributed by atoms with Crippen LogP contribution in [0.5, 0.6) is 5.75 Å². The van der Waals surface area contributed by atoms with Crippen molar-refractivity contribution in [3.8, 4) is 5.75 Å². The molecule has 3 aromatic rings. The van der Waals surface area contributed by atoms with Gasteiger partial charge in [0.1, 0.15) is 28.5 Å².